The smallest absolute Gasteiger partial charge is 0.115 e. The first-order valence-electron chi connectivity index (χ1n) is 8.52. The van der Waals surface area contributed by atoms with Gasteiger partial charge in [0.15, 0.2) is 0 Å². The highest BCUT2D eigenvalue weighted by molar-refractivity contribution is 5.09. The largest absolute Gasteiger partial charge is 0.388 e. The van der Waals surface area contributed by atoms with Gasteiger partial charge in [-0.1, -0.05) is 5.92 Å². The average Bonchev–Trinajstić information content (AvgIpc) is 3.04. The van der Waals surface area contributed by atoms with Crippen molar-refractivity contribution in [1.29, 1.82) is 0 Å². The van der Waals surface area contributed by atoms with Crippen LogP contribution in [0.15, 0.2) is 0 Å². The molecular formula is C18H28O4. The van der Waals surface area contributed by atoms with Gasteiger partial charge in [0.25, 0.3) is 0 Å². The summed E-state index contributed by atoms with van der Waals surface area (Å²) in [7, 11) is 0. The van der Waals surface area contributed by atoms with Crippen molar-refractivity contribution in [2.24, 2.45) is 11.3 Å². The second kappa shape index (κ2) is 6.49. The van der Waals surface area contributed by atoms with Crippen LogP contribution in [0.5, 0.6) is 0 Å². The summed E-state index contributed by atoms with van der Waals surface area (Å²) >= 11 is 0. The van der Waals surface area contributed by atoms with Gasteiger partial charge >= 0.3 is 0 Å². The van der Waals surface area contributed by atoms with Crippen LogP contribution in [0.1, 0.15) is 46.5 Å². The van der Waals surface area contributed by atoms with E-state index in [-0.39, 0.29) is 29.8 Å². The van der Waals surface area contributed by atoms with Crippen molar-refractivity contribution in [3.05, 3.63) is 0 Å². The third kappa shape index (κ3) is 3.19. The quantitative estimate of drug-likeness (QED) is 0.812. The highest BCUT2D eigenvalue weighted by Crippen LogP contribution is 2.40. The summed E-state index contributed by atoms with van der Waals surface area (Å²) in [4.78, 5) is 0. The van der Waals surface area contributed by atoms with Crippen LogP contribution in [-0.4, -0.2) is 48.8 Å². The lowest BCUT2D eigenvalue weighted by Crippen LogP contribution is -2.37. The molecule has 2 aliphatic heterocycles. The zero-order valence-corrected chi connectivity index (χ0v) is 13.9. The second-order valence-corrected chi connectivity index (χ2v) is 7.41. The Balaban J connectivity index is 1.49. The summed E-state index contributed by atoms with van der Waals surface area (Å²) < 4.78 is 17.5. The molecule has 22 heavy (non-hydrogen) atoms. The molecule has 2 saturated heterocycles. The minimum Gasteiger partial charge on any atom is -0.388 e. The molecule has 1 N–H and O–H groups in total. The van der Waals surface area contributed by atoms with Gasteiger partial charge in [0.05, 0.1) is 19.3 Å². The molecule has 1 saturated carbocycles. The van der Waals surface area contributed by atoms with Crippen molar-refractivity contribution in [2.45, 2.75) is 77.0 Å². The minimum atomic E-state index is -0.497. The Morgan fingerprint density at radius 3 is 2.41 bits per heavy atom. The van der Waals surface area contributed by atoms with E-state index in [9.17, 15) is 5.11 Å². The summed E-state index contributed by atoms with van der Waals surface area (Å²) in [5.41, 5.74) is 0.0972. The van der Waals surface area contributed by atoms with Crippen LogP contribution in [-0.2, 0) is 14.2 Å². The molecule has 4 heteroatoms. The third-order valence-electron chi connectivity index (χ3n) is 5.49. The molecule has 0 aromatic rings. The molecule has 4 atom stereocenters. The topological polar surface area (TPSA) is 47.9 Å². The van der Waals surface area contributed by atoms with Crippen LogP contribution in [0.3, 0.4) is 0 Å². The van der Waals surface area contributed by atoms with Crippen molar-refractivity contribution >= 4 is 0 Å². The van der Waals surface area contributed by atoms with Gasteiger partial charge in [0.1, 0.15) is 24.4 Å². The molecular weight excluding hydrogens is 280 g/mol. The zero-order chi connectivity index (χ0) is 15.7. The summed E-state index contributed by atoms with van der Waals surface area (Å²) in [5, 5.41) is 9.78. The fraction of sp³-hybridized carbons (Fsp3) is 0.889. The maximum Gasteiger partial charge on any atom is 0.115 e. The predicted octanol–water partition coefficient (Wildman–Crippen LogP) is 2.14. The van der Waals surface area contributed by atoms with Crippen LogP contribution < -0.4 is 0 Å². The van der Waals surface area contributed by atoms with Gasteiger partial charge in [-0.3, -0.25) is 0 Å². The summed E-state index contributed by atoms with van der Waals surface area (Å²) in [6, 6.07) is 0. The first-order chi connectivity index (χ1) is 10.5. The van der Waals surface area contributed by atoms with Gasteiger partial charge < -0.3 is 19.3 Å². The fourth-order valence-electron chi connectivity index (χ4n) is 4.15. The number of fused-ring (bicyclic) bond motifs is 1. The molecule has 0 amide bonds. The predicted molar refractivity (Wildman–Crippen MR) is 83.3 cm³/mol. The van der Waals surface area contributed by atoms with Crippen LogP contribution in [0.2, 0.25) is 0 Å². The van der Waals surface area contributed by atoms with Gasteiger partial charge in [0, 0.05) is 5.41 Å². The maximum atomic E-state index is 9.78. The molecule has 3 aliphatic rings. The SMILES string of the molecule is CC#CC(C)(C)C1CCC(OC2COC3C(O)COC23)CC1. The van der Waals surface area contributed by atoms with Crippen LogP contribution in [0.4, 0.5) is 0 Å². The standard InChI is InChI=1S/C18H28O4/c1-4-9-18(2,3)12-5-7-13(8-6-12)22-15-11-21-16-14(19)10-20-17(15)16/h12-17,19H,5-8,10-11H2,1-3H3. The Hall–Kier alpha value is -0.600. The lowest BCUT2D eigenvalue weighted by atomic mass is 9.71. The van der Waals surface area contributed by atoms with Gasteiger partial charge in [-0.05, 0) is 52.4 Å². The molecule has 0 bridgehead atoms. The Labute approximate surface area is 133 Å². The van der Waals surface area contributed by atoms with Gasteiger partial charge in [-0.25, -0.2) is 0 Å². The second-order valence-electron chi connectivity index (χ2n) is 7.41. The van der Waals surface area contributed by atoms with E-state index in [1.165, 1.54) is 0 Å². The van der Waals surface area contributed by atoms with E-state index in [2.05, 4.69) is 25.7 Å². The summed E-state index contributed by atoms with van der Waals surface area (Å²) in [6.45, 7) is 7.32. The molecule has 124 valence electrons. The van der Waals surface area contributed by atoms with E-state index in [0.29, 0.717) is 19.1 Å². The number of aliphatic hydroxyl groups is 1. The van der Waals surface area contributed by atoms with E-state index in [4.69, 9.17) is 14.2 Å². The normalized spacial score (nSPS) is 41.8. The van der Waals surface area contributed by atoms with Crippen molar-refractivity contribution in [1.82, 2.24) is 0 Å². The lowest BCUT2D eigenvalue weighted by Gasteiger charge is -2.37. The monoisotopic (exact) mass is 308 g/mol. The first kappa shape index (κ1) is 16.3. The van der Waals surface area contributed by atoms with E-state index in [1.54, 1.807) is 0 Å². The Morgan fingerprint density at radius 1 is 1.05 bits per heavy atom. The zero-order valence-electron chi connectivity index (χ0n) is 13.9. The van der Waals surface area contributed by atoms with Gasteiger partial charge in [0.2, 0.25) is 0 Å². The third-order valence-corrected chi connectivity index (χ3v) is 5.49. The Morgan fingerprint density at radius 2 is 1.73 bits per heavy atom. The highest BCUT2D eigenvalue weighted by atomic mass is 16.6. The van der Waals surface area contributed by atoms with Gasteiger partial charge in [-0.15, -0.1) is 5.92 Å². The average molecular weight is 308 g/mol. The number of rotatable bonds is 3. The molecule has 2 heterocycles. The Kier molecular flexibility index (Phi) is 4.80. The van der Waals surface area contributed by atoms with Crippen molar-refractivity contribution in [3.63, 3.8) is 0 Å². The highest BCUT2D eigenvalue weighted by Gasteiger charge is 2.48. The number of hydrogen-bond donors (Lipinski definition) is 1. The molecule has 0 spiro atoms. The first-order valence-corrected chi connectivity index (χ1v) is 8.52. The van der Waals surface area contributed by atoms with E-state index in [1.807, 2.05) is 6.92 Å². The minimum absolute atomic E-state index is 0.0212. The molecule has 4 nitrogen and oxygen atoms in total. The van der Waals surface area contributed by atoms with Crippen LogP contribution >= 0.6 is 0 Å². The number of hydrogen-bond acceptors (Lipinski definition) is 4. The van der Waals surface area contributed by atoms with E-state index in [0.717, 1.165) is 25.7 Å². The van der Waals surface area contributed by atoms with E-state index >= 15 is 0 Å². The maximum absolute atomic E-state index is 9.78. The molecule has 0 aromatic heterocycles. The van der Waals surface area contributed by atoms with Crippen molar-refractivity contribution in [2.75, 3.05) is 13.2 Å². The van der Waals surface area contributed by atoms with E-state index < -0.39 is 6.10 Å². The Bertz CT molecular complexity index is 442. The van der Waals surface area contributed by atoms with Gasteiger partial charge in [-0.2, -0.15) is 0 Å². The van der Waals surface area contributed by atoms with Crippen LogP contribution in [0, 0.1) is 23.2 Å². The fourth-order valence-corrected chi connectivity index (χ4v) is 4.15. The molecule has 4 unspecified atom stereocenters. The lowest BCUT2D eigenvalue weighted by molar-refractivity contribution is -0.0881. The van der Waals surface area contributed by atoms with Crippen molar-refractivity contribution in [3.8, 4) is 11.8 Å². The number of aliphatic hydroxyl groups excluding tert-OH is 1. The molecule has 3 fully saturated rings. The summed E-state index contributed by atoms with van der Waals surface area (Å²) in [6.07, 6.45) is 3.97. The number of ether oxygens (including phenoxy) is 3. The molecule has 0 radical (unpaired) electrons. The molecule has 0 aromatic carbocycles. The van der Waals surface area contributed by atoms with Crippen LogP contribution in [0.25, 0.3) is 0 Å². The summed E-state index contributed by atoms with van der Waals surface area (Å²) in [5.74, 6) is 7.07. The molecule has 1 aliphatic carbocycles. The molecule has 3 rings (SSSR count). The van der Waals surface area contributed by atoms with Crippen molar-refractivity contribution < 1.29 is 19.3 Å².